The maximum Gasteiger partial charge on any atom is 0.433 e. The lowest BCUT2D eigenvalue weighted by atomic mass is 10.1. The van der Waals surface area contributed by atoms with E-state index in [9.17, 15) is 40.3 Å². The number of ether oxygens (including phenoxy) is 2. The summed E-state index contributed by atoms with van der Waals surface area (Å²) in [5.41, 5.74) is -4.05. The highest BCUT2D eigenvalue weighted by Gasteiger charge is 2.33. The Labute approximate surface area is 179 Å². The maximum atomic E-state index is 14.3. The first kappa shape index (κ1) is 23.8. The van der Waals surface area contributed by atoms with Gasteiger partial charge in [0.25, 0.3) is 5.91 Å². The number of anilines is 1. The highest BCUT2D eigenvalue weighted by molar-refractivity contribution is 6.13. The minimum Gasteiger partial charge on any atom is -0.465 e. The molecule has 1 N–H and O–H groups in total. The Hall–Kier alpha value is -3.90. The van der Waals surface area contributed by atoms with Crippen LogP contribution in [-0.4, -0.2) is 30.6 Å². The van der Waals surface area contributed by atoms with Crippen LogP contribution in [0.2, 0.25) is 0 Å². The number of alkyl halides is 5. The summed E-state index contributed by atoms with van der Waals surface area (Å²) in [6.07, 6.45) is -4.93. The zero-order valence-corrected chi connectivity index (χ0v) is 16.3. The quantitative estimate of drug-likeness (QED) is 0.406. The van der Waals surface area contributed by atoms with Gasteiger partial charge in [-0.25, -0.2) is 18.6 Å². The molecule has 0 fully saturated rings. The molecule has 1 heterocycles. The molecular weight excluding hydrogens is 465 g/mol. The maximum absolute atomic E-state index is 14.3. The van der Waals surface area contributed by atoms with Gasteiger partial charge in [-0.1, -0.05) is 0 Å². The van der Waals surface area contributed by atoms with Gasteiger partial charge < -0.3 is 14.8 Å². The van der Waals surface area contributed by atoms with Crippen molar-refractivity contribution in [1.29, 1.82) is 0 Å². The molecule has 0 aliphatic carbocycles. The van der Waals surface area contributed by atoms with Gasteiger partial charge in [0, 0.05) is 10.9 Å². The third kappa shape index (κ3) is 4.96. The molecule has 6 nitrogen and oxygen atoms in total. The smallest absolute Gasteiger partial charge is 0.433 e. The van der Waals surface area contributed by atoms with Crippen molar-refractivity contribution in [1.82, 2.24) is 4.98 Å². The number of pyridine rings is 1. The number of amides is 1. The molecular formula is C20H11F7N2O4. The lowest BCUT2D eigenvalue weighted by Gasteiger charge is -2.14. The van der Waals surface area contributed by atoms with E-state index in [0.717, 1.165) is 25.3 Å². The molecule has 0 saturated carbocycles. The fourth-order valence-corrected chi connectivity index (χ4v) is 2.85. The van der Waals surface area contributed by atoms with Crippen LogP contribution >= 0.6 is 0 Å². The molecule has 0 unspecified atom stereocenters. The van der Waals surface area contributed by atoms with Crippen molar-refractivity contribution in [2.45, 2.75) is 12.8 Å². The number of methoxy groups -OCH3 is 1. The monoisotopic (exact) mass is 476 g/mol. The summed E-state index contributed by atoms with van der Waals surface area (Å²) >= 11 is 0. The minimum absolute atomic E-state index is 0.356. The van der Waals surface area contributed by atoms with E-state index in [1.54, 1.807) is 0 Å². The summed E-state index contributed by atoms with van der Waals surface area (Å²) in [6, 6.07) is 4.15. The average molecular weight is 476 g/mol. The van der Waals surface area contributed by atoms with Gasteiger partial charge in [0.15, 0.2) is 17.4 Å². The summed E-state index contributed by atoms with van der Waals surface area (Å²) in [7, 11) is 0.985. The largest absolute Gasteiger partial charge is 0.465 e. The number of halogens is 7. The Morgan fingerprint density at radius 2 is 1.67 bits per heavy atom. The number of hydrogen-bond donors (Lipinski definition) is 1. The summed E-state index contributed by atoms with van der Waals surface area (Å²) in [4.78, 5) is 27.3. The highest BCUT2D eigenvalue weighted by Crippen LogP contribution is 2.34. The summed E-state index contributed by atoms with van der Waals surface area (Å²) in [5.74, 6) is -5.68. The SMILES string of the molecule is COC(=O)c1cc(F)c(NC(=O)c2ccc(OC(F)F)c3nc(C(F)(F)F)ccc23)c(F)c1. The molecule has 3 aromatic rings. The van der Waals surface area contributed by atoms with Crippen LogP contribution in [0.15, 0.2) is 36.4 Å². The van der Waals surface area contributed by atoms with Gasteiger partial charge in [0.05, 0.1) is 12.7 Å². The van der Waals surface area contributed by atoms with Gasteiger partial charge in [-0.2, -0.15) is 22.0 Å². The van der Waals surface area contributed by atoms with Crippen molar-refractivity contribution in [2.24, 2.45) is 0 Å². The predicted molar refractivity (Wildman–Crippen MR) is 99.0 cm³/mol. The third-order valence-electron chi connectivity index (χ3n) is 4.27. The topological polar surface area (TPSA) is 77.5 Å². The van der Waals surface area contributed by atoms with Crippen LogP contribution in [0.5, 0.6) is 5.75 Å². The van der Waals surface area contributed by atoms with Crippen LogP contribution in [0.3, 0.4) is 0 Å². The molecule has 33 heavy (non-hydrogen) atoms. The van der Waals surface area contributed by atoms with Crippen molar-refractivity contribution in [3.8, 4) is 5.75 Å². The van der Waals surface area contributed by atoms with E-state index in [1.807, 2.05) is 5.32 Å². The molecule has 1 aromatic heterocycles. The van der Waals surface area contributed by atoms with Crippen molar-refractivity contribution in [3.63, 3.8) is 0 Å². The van der Waals surface area contributed by atoms with E-state index in [0.29, 0.717) is 18.2 Å². The molecule has 1 amide bonds. The van der Waals surface area contributed by atoms with E-state index in [2.05, 4.69) is 14.5 Å². The Morgan fingerprint density at radius 3 is 2.21 bits per heavy atom. The number of rotatable bonds is 5. The lowest BCUT2D eigenvalue weighted by Crippen LogP contribution is -2.16. The average Bonchev–Trinajstić information content (AvgIpc) is 2.74. The van der Waals surface area contributed by atoms with E-state index in [-0.39, 0.29) is 5.39 Å². The van der Waals surface area contributed by atoms with Gasteiger partial charge in [0.1, 0.15) is 16.9 Å². The number of esters is 1. The molecule has 2 aromatic carbocycles. The number of carbonyl (C=O) groups excluding carboxylic acids is 2. The van der Waals surface area contributed by atoms with E-state index in [1.165, 1.54) is 0 Å². The van der Waals surface area contributed by atoms with Crippen molar-refractivity contribution in [2.75, 3.05) is 12.4 Å². The number of nitrogens with one attached hydrogen (secondary N) is 1. The molecule has 0 saturated heterocycles. The number of benzene rings is 2. The third-order valence-corrected chi connectivity index (χ3v) is 4.27. The second-order valence-corrected chi connectivity index (χ2v) is 6.34. The first-order valence-electron chi connectivity index (χ1n) is 8.77. The normalized spacial score (nSPS) is 11.5. The molecule has 174 valence electrons. The Bertz CT molecular complexity index is 1220. The molecule has 13 heteroatoms. The van der Waals surface area contributed by atoms with Crippen LogP contribution in [0.1, 0.15) is 26.4 Å². The van der Waals surface area contributed by atoms with Gasteiger partial charge in [0.2, 0.25) is 0 Å². The Morgan fingerprint density at radius 1 is 1.03 bits per heavy atom. The molecule has 0 aliphatic rings. The fraction of sp³-hybridized carbons (Fsp3) is 0.150. The minimum atomic E-state index is -4.93. The van der Waals surface area contributed by atoms with Crippen molar-refractivity contribution < 1.29 is 49.8 Å². The number of nitrogens with zero attached hydrogens (tertiary/aromatic N) is 1. The van der Waals surface area contributed by atoms with Crippen molar-refractivity contribution in [3.05, 3.63) is 64.9 Å². The zero-order chi connectivity index (χ0) is 24.5. The number of hydrogen-bond acceptors (Lipinski definition) is 5. The number of fused-ring (bicyclic) bond motifs is 1. The van der Waals surface area contributed by atoms with Crippen LogP contribution in [0.4, 0.5) is 36.4 Å². The summed E-state index contributed by atoms with van der Waals surface area (Å²) in [6.45, 7) is -3.40. The second kappa shape index (κ2) is 8.92. The van der Waals surface area contributed by atoms with E-state index < -0.39 is 70.1 Å². The number of aromatic nitrogens is 1. The standard InChI is InChI=1S/C20H11F7N2O4/c1-32-18(31)8-6-11(21)16(12(22)7-8)29-17(30)10-2-4-13(33-19(23)24)15-9(10)3-5-14(28-15)20(25,26)27/h2-7,19H,1H3,(H,29,30). The zero-order valence-electron chi connectivity index (χ0n) is 16.3. The van der Waals surface area contributed by atoms with E-state index >= 15 is 0 Å². The predicted octanol–water partition coefficient (Wildman–Crippen LogP) is 5.17. The molecule has 0 aliphatic heterocycles. The highest BCUT2D eigenvalue weighted by atomic mass is 19.4. The van der Waals surface area contributed by atoms with Crippen LogP contribution < -0.4 is 10.1 Å². The summed E-state index contributed by atoms with van der Waals surface area (Å²) < 4.78 is 101. The van der Waals surface area contributed by atoms with Gasteiger partial charge in [-0.15, -0.1) is 0 Å². The lowest BCUT2D eigenvalue weighted by molar-refractivity contribution is -0.140. The van der Waals surface area contributed by atoms with Crippen LogP contribution in [-0.2, 0) is 10.9 Å². The molecule has 0 spiro atoms. The number of carbonyl (C=O) groups is 2. The Kier molecular flexibility index (Phi) is 6.42. The van der Waals surface area contributed by atoms with Gasteiger partial charge in [-0.05, 0) is 36.4 Å². The molecule has 0 radical (unpaired) electrons. The molecule has 3 rings (SSSR count). The van der Waals surface area contributed by atoms with Gasteiger partial charge >= 0.3 is 18.8 Å². The van der Waals surface area contributed by atoms with Gasteiger partial charge in [-0.3, -0.25) is 4.79 Å². The fourth-order valence-electron chi connectivity index (χ4n) is 2.85. The molecule has 0 atom stereocenters. The summed E-state index contributed by atoms with van der Waals surface area (Å²) in [5, 5.41) is 1.54. The second-order valence-electron chi connectivity index (χ2n) is 6.34. The van der Waals surface area contributed by atoms with Crippen LogP contribution in [0.25, 0.3) is 10.9 Å². The van der Waals surface area contributed by atoms with Crippen molar-refractivity contribution >= 4 is 28.5 Å². The first-order chi connectivity index (χ1) is 15.4. The molecule has 0 bridgehead atoms. The van der Waals surface area contributed by atoms with Crippen LogP contribution in [0, 0.1) is 11.6 Å². The first-order valence-corrected chi connectivity index (χ1v) is 8.77. The van der Waals surface area contributed by atoms with E-state index in [4.69, 9.17) is 0 Å². The Balaban J connectivity index is 2.07.